The van der Waals surface area contributed by atoms with E-state index in [-0.39, 0.29) is 11.7 Å². The van der Waals surface area contributed by atoms with Crippen molar-refractivity contribution in [3.63, 3.8) is 0 Å². The Bertz CT molecular complexity index is 1120. The van der Waals surface area contributed by atoms with Gasteiger partial charge in [0.15, 0.2) is 0 Å². The minimum atomic E-state index is -3.15. The van der Waals surface area contributed by atoms with Crippen LogP contribution in [0.3, 0.4) is 0 Å². The van der Waals surface area contributed by atoms with Crippen LogP contribution in [0, 0.1) is 12.8 Å². The Hall–Kier alpha value is -2.45. The Morgan fingerprint density at radius 1 is 1.10 bits per heavy atom. The largest absolute Gasteiger partial charge is 0.356 e. The van der Waals surface area contributed by atoms with Crippen LogP contribution in [0.1, 0.15) is 31.2 Å². The number of sulfonamides is 1. The number of nitrogens with zero attached hydrogens (tertiary/aromatic N) is 4. The van der Waals surface area contributed by atoms with Crippen molar-refractivity contribution in [2.45, 2.75) is 38.6 Å². The molecular weight excluding hydrogens is 398 g/mol. The van der Waals surface area contributed by atoms with E-state index in [9.17, 15) is 8.42 Å². The molecule has 2 aromatic heterocycles. The van der Waals surface area contributed by atoms with E-state index in [2.05, 4.69) is 68.5 Å². The predicted octanol–water partition coefficient (Wildman–Crippen LogP) is 3.27. The topological polar surface area (TPSA) is 80.1 Å². The molecule has 0 radical (unpaired) electrons. The number of hydrogen-bond acceptors (Lipinski definition) is 5. The number of anilines is 1. The molecule has 4 rings (SSSR count). The minimum Gasteiger partial charge on any atom is -0.356 e. The summed E-state index contributed by atoms with van der Waals surface area (Å²) in [6.45, 7) is 2.08. The summed E-state index contributed by atoms with van der Waals surface area (Å²) in [7, 11) is 0.416. The zero-order valence-electron chi connectivity index (χ0n) is 17.7. The predicted molar refractivity (Wildman–Crippen MR) is 121 cm³/mol. The number of aromatic nitrogens is 3. The van der Waals surface area contributed by atoms with Crippen molar-refractivity contribution in [1.82, 2.24) is 19.3 Å². The van der Waals surface area contributed by atoms with Gasteiger partial charge < -0.3 is 9.47 Å². The highest BCUT2D eigenvalue weighted by Crippen LogP contribution is 2.33. The van der Waals surface area contributed by atoms with Gasteiger partial charge in [-0.1, -0.05) is 17.7 Å². The molecule has 0 saturated heterocycles. The first kappa shape index (κ1) is 20.8. The number of rotatable bonds is 6. The molecule has 1 aliphatic carbocycles. The van der Waals surface area contributed by atoms with Crippen LogP contribution in [0.15, 0.2) is 42.9 Å². The number of nitrogens with one attached hydrogen (secondary N) is 1. The van der Waals surface area contributed by atoms with E-state index in [1.54, 1.807) is 6.33 Å². The number of aryl methyl sites for hydroxylation is 1. The average molecular weight is 428 g/mol. The van der Waals surface area contributed by atoms with E-state index in [0.717, 1.165) is 48.2 Å². The molecule has 0 bridgehead atoms. The molecule has 30 heavy (non-hydrogen) atoms. The first-order chi connectivity index (χ1) is 14.4. The van der Waals surface area contributed by atoms with Gasteiger partial charge in [0, 0.05) is 25.0 Å². The first-order valence-electron chi connectivity index (χ1n) is 10.4. The van der Waals surface area contributed by atoms with Crippen LogP contribution < -0.4 is 9.62 Å². The van der Waals surface area contributed by atoms with Crippen molar-refractivity contribution >= 4 is 26.9 Å². The summed E-state index contributed by atoms with van der Waals surface area (Å²) in [5.74, 6) is 1.37. The maximum absolute atomic E-state index is 11.8. The van der Waals surface area contributed by atoms with Gasteiger partial charge in [-0.3, -0.25) is 0 Å². The Kier molecular flexibility index (Phi) is 5.79. The molecule has 1 fully saturated rings. The second kappa shape index (κ2) is 8.35. The fourth-order valence-electron chi connectivity index (χ4n) is 4.40. The maximum Gasteiger partial charge on any atom is 0.211 e. The molecule has 3 aromatic rings. The molecule has 1 N–H and O–H groups in total. The molecule has 8 heteroatoms. The average Bonchev–Trinajstić information content (AvgIpc) is 3.18. The van der Waals surface area contributed by atoms with E-state index in [1.165, 1.54) is 12.6 Å². The quantitative estimate of drug-likeness (QED) is 0.653. The smallest absolute Gasteiger partial charge is 0.211 e. The molecule has 1 aliphatic rings. The fourth-order valence-corrected chi connectivity index (χ4v) is 5.52. The highest BCUT2D eigenvalue weighted by molar-refractivity contribution is 7.89. The van der Waals surface area contributed by atoms with Crippen molar-refractivity contribution in [1.29, 1.82) is 0 Å². The lowest BCUT2D eigenvalue weighted by Gasteiger charge is -2.35. The Balaban J connectivity index is 1.53. The van der Waals surface area contributed by atoms with E-state index in [1.807, 2.05) is 6.20 Å². The van der Waals surface area contributed by atoms with Crippen LogP contribution in [0.5, 0.6) is 0 Å². The van der Waals surface area contributed by atoms with Gasteiger partial charge in [-0.2, -0.15) is 0 Å². The van der Waals surface area contributed by atoms with Gasteiger partial charge in [0.1, 0.15) is 17.8 Å². The normalized spacial score (nSPS) is 19.8. The Morgan fingerprint density at radius 2 is 1.80 bits per heavy atom. The molecular formula is C22H29N5O2S. The van der Waals surface area contributed by atoms with Crippen molar-refractivity contribution in [3.8, 4) is 5.69 Å². The van der Waals surface area contributed by atoms with Crippen LogP contribution in [-0.2, 0) is 10.0 Å². The number of benzene rings is 1. The number of fused-ring (bicyclic) bond motifs is 1. The maximum atomic E-state index is 11.8. The van der Waals surface area contributed by atoms with Crippen LogP contribution in [0.4, 0.5) is 5.82 Å². The molecule has 0 spiro atoms. The van der Waals surface area contributed by atoms with E-state index in [4.69, 9.17) is 0 Å². The molecule has 2 heterocycles. The van der Waals surface area contributed by atoms with Gasteiger partial charge in [0.25, 0.3) is 0 Å². The van der Waals surface area contributed by atoms with Crippen LogP contribution in [0.2, 0.25) is 0 Å². The van der Waals surface area contributed by atoms with Crippen LogP contribution in [0.25, 0.3) is 16.7 Å². The van der Waals surface area contributed by atoms with Crippen LogP contribution in [-0.4, -0.2) is 48.8 Å². The van der Waals surface area contributed by atoms with Crippen molar-refractivity contribution in [2.75, 3.05) is 24.7 Å². The third-order valence-corrected chi connectivity index (χ3v) is 7.77. The fraction of sp³-hybridized carbons (Fsp3) is 0.455. The summed E-state index contributed by atoms with van der Waals surface area (Å²) in [6, 6.07) is 10.8. The SMILES string of the molecule is CNS(=O)(=O)C[C@H]1CC[C@H](N(C)c2ncnc3c2ccn3-c2ccc(C)cc2)CC1. The lowest BCUT2D eigenvalue weighted by Crippen LogP contribution is -2.37. The van der Waals surface area contributed by atoms with Crippen LogP contribution >= 0.6 is 0 Å². The Morgan fingerprint density at radius 3 is 2.47 bits per heavy atom. The van der Waals surface area contributed by atoms with E-state index in [0.29, 0.717) is 6.04 Å². The monoisotopic (exact) mass is 427 g/mol. The molecule has 1 aromatic carbocycles. The summed E-state index contributed by atoms with van der Waals surface area (Å²) >= 11 is 0. The molecule has 0 aliphatic heterocycles. The van der Waals surface area contributed by atoms with Gasteiger partial charge in [-0.05, 0) is 63.8 Å². The number of hydrogen-bond donors (Lipinski definition) is 1. The third-order valence-electron chi connectivity index (χ3n) is 6.24. The lowest BCUT2D eigenvalue weighted by molar-refractivity contribution is 0.340. The summed E-state index contributed by atoms with van der Waals surface area (Å²) < 4.78 is 28.2. The van der Waals surface area contributed by atoms with Gasteiger partial charge in [-0.25, -0.2) is 23.1 Å². The second-order valence-corrected chi connectivity index (χ2v) is 10.2. The summed E-state index contributed by atoms with van der Waals surface area (Å²) in [5, 5.41) is 1.03. The van der Waals surface area contributed by atoms with Crippen molar-refractivity contribution < 1.29 is 8.42 Å². The summed E-state index contributed by atoms with van der Waals surface area (Å²) in [5.41, 5.74) is 3.20. The first-order valence-corrected chi connectivity index (χ1v) is 12.1. The molecule has 0 amide bonds. The van der Waals surface area contributed by atoms with E-state index >= 15 is 0 Å². The zero-order valence-corrected chi connectivity index (χ0v) is 18.6. The second-order valence-electron chi connectivity index (χ2n) is 8.23. The van der Waals surface area contributed by atoms with Gasteiger partial charge in [0.05, 0.1) is 11.1 Å². The third kappa shape index (κ3) is 4.20. The van der Waals surface area contributed by atoms with Crippen molar-refractivity contribution in [3.05, 3.63) is 48.4 Å². The van der Waals surface area contributed by atoms with Crippen molar-refractivity contribution in [2.24, 2.45) is 5.92 Å². The minimum absolute atomic E-state index is 0.219. The molecule has 160 valence electrons. The molecule has 0 atom stereocenters. The van der Waals surface area contributed by atoms with Gasteiger partial charge >= 0.3 is 0 Å². The van der Waals surface area contributed by atoms with Gasteiger partial charge in [-0.15, -0.1) is 0 Å². The highest BCUT2D eigenvalue weighted by atomic mass is 32.2. The zero-order chi connectivity index (χ0) is 21.3. The van der Waals surface area contributed by atoms with E-state index < -0.39 is 10.0 Å². The molecule has 7 nitrogen and oxygen atoms in total. The van der Waals surface area contributed by atoms with Gasteiger partial charge in [0.2, 0.25) is 10.0 Å². The standard InChI is InChI=1S/C22H29N5O2S/c1-16-4-8-19(9-5-16)27-13-12-20-21(24-15-25-22(20)27)26(3)18-10-6-17(7-11-18)14-30(28,29)23-2/h4-5,8-9,12-13,15,17-18,23H,6-7,10-11,14H2,1-3H3/t17-,18-. The highest BCUT2D eigenvalue weighted by Gasteiger charge is 2.28. The summed E-state index contributed by atoms with van der Waals surface area (Å²) in [6.07, 6.45) is 7.42. The Labute approximate surface area is 178 Å². The lowest BCUT2D eigenvalue weighted by atomic mass is 9.86. The molecule has 0 unspecified atom stereocenters. The summed E-state index contributed by atoms with van der Waals surface area (Å²) in [4.78, 5) is 11.4. The molecule has 1 saturated carbocycles.